The lowest BCUT2D eigenvalue weighted by atomic mass is 9.99. The van der Waals surface area contributed by atoms with Gasteiger partial charge in [0.25, 0.3) is 0 Å². The zero-order chi connectivity index (χ0) is 26.3. The number of nitrogens with one attached hydrogen (secondary N) is 2. The van der Waals surface area contributed by atoms with E-state index in [0.717, 1.165) is 41.5 Å². The Labute approximate surface area is 217 Å². The molecule has 8 nitrogen and oxygen atoms in total. The molecule has 0 saturated heterocycles. The molecule has 8 heteroatoms. The van der Waals surface area contributed by atoms with Gasteiger partial charge in [-0.15, -0.1) is 0 Å². The number of allylic oxidation sites excluding steroid dienone is 2. The molecular weight excluding hydrogens is 462 g/mol. The van der Waals surface area contributed by atoms with E-state index in [1.165, 1.54) is 0 Å². The van der Waals surface area contributed by atoms with Gasteiger partial charge >= 0.3 is 0 Å². The molecule has 3 aromatic rings. The lowest BCUT2D eigenvalue weighted by molar-refractivity contribution is -0.117. The highest BCUT2D eigenvalue weighted by molar-refractivity contribution is 5.96. The second kappa shape index (κ2) is 11.5. The van der Waals surface area contributed by atoms with Crippen molar-refractivity contribution >= 4 is 11.7 Å². The Bertz CT molecular complexity index is 1380. The van der Waals surface area contributed by atoms with Crippen LogP contribution in [-0.4, -0.2) is 33.3 Å². The lowest BCUT2D eigenvalue weighted by Gasteiger charge is -2.21. The standard InChI is InChI=1S/C29H29N7O/c1-29(2,20-31)36-19-25(18-34-36)24-12-13-26(33-17-24)35-28(37)27(23-6-4-3-5-7-23)32-15-14-21-8-10-22(16-30)11-9-21/h4,6-13,17-19,27,32H,3,5,14-15H2,1-2H3,(H,33,35,37). The molecule has 0 saturated carbocycles. The number of anilines is 1. The van der Waals surface area contributed by atoms with Gasteiger partial charge in [-0.1, -0.05) is 30.4 Å². The number of amides is 1. The molecule has 0 fully saturated rings. The molecule has 1 aliphatic carbocycles. The minimum Gasteiger partial charge on any atom is -0.309 e. The van der Waals surface area contributed by atoms with Crippen molar-refractivity contribution in [3.8, 4) is 23.3 Å². The number of hydrogen-bond acceptors (Lipinski definition) is 6. The van der Waals surface area contributed by atoms with Crippen LogP contribution in [0, 0.1) is 22.7 Å². The third kappa shape index (κ3) is 6.38. The summed E-state index contributed by atoms with van der Waals surface area (Å²) >= 11 is 0. The number of nitriles is 2. The number of carbonyl (C=O) groups excluding carboxylic acids is 1. The summed E-state index contributed by atoms with van der Waals surface area (Å²) in [6.45, 7) is 4.20. The molecule has 0 bridgehead atoms. The van der Waals surface area contributed by atoms with Crippen LogP contribution in [0.3, 0.4) is 0 Å². The average molecular weight is 492 g/mol. The highest BCUT2D eigenvalue weighted by Gasteiger charge is 2.23. The summed E-state index contributed by atoms with van der Waals surface area (Å²) in [4.78, 5) is 17.7. The first kappa shape index (κ1) is 25.6. The third-order valence-corrected chi connectivity index (χ3v) is 6.24. The summed E-state index contributed by atoms with van der Waals surface area (Å²) in [7, 11) is 0. The fourth-order valence-corrected chi connectivity index (χ4v) is 3.98. The molecule has 0 aliphatic heterocycles. The van der Waals surface area contributed by atoms with Crippen LogP contribution in [0.1, 0.15) is 37.8 Å². The first-order chi connectivity index (χ1) is 17.9. The SMILES string of the molecule is CC(C)(C#N)n1cc(-c2ccc(NC(=O)C(NCCc3ccc(C#N)cc3)C3=CCCC=C3)nc2)cn1. The van der Waals surface area contributed by atoms with Crippen molar-refractivity contribution in [2.45, 2.75) is 44.7 Å². The highest BCUT2D eigenvalue weighted by atomic mass is 16.2. The van der Waals surface area contributed by atoms with Crippen molar-refractivity contribution in [1.82, 2.24) is 20.1 Å². The van der Waals surface area contributed by atoms with Gasteiger partial charge in [-0.25, -0.2) is 4.98 Å². The maximum Gasteiger partial charge on any atom is 0.247 e. The molecule has 4 rings (SSSR count). The van der Waals surface area contributed by atoms with Gasteiger partial charge in [0.2, 0.25) is 5.91 Å². The summed E-state index contributed by atoms with van der Waals surface area (Å²) < 4.78 is 1.62. The summed E-state index contributed by atoms with van der Waals surface area (Å²) in [5, 5.41) is 28.9. The van der Waals surface area contributed by atoms with E-state index in [0.29, 0.717) is 17.9 Å². The molecule has 1 aromatic carbocycles. The maximum atomic E-state index is 13.3. The number of rotatable bonds is 9. The summed E-state index contributed by atoms with van der Waals surface area (Å²) in [5.74, 6) is 0.277. The van der Waals surface area contributed by atoms with Gasteiger partial charge in [0.1, 0.15) is 17.4 Å². The first-order valence-electron chi connectivity index (χ1n) is 12.2. The van der Waals surface area contributed by atoms with Gasteiger partial charge in [0.05, 0.1) is 23.9 Å². The van der Waals surface area contributed by atoms with Crippen LogP contribution in [0.5, 0.6) is 0 Å². The molecule has 1 unspecified atom stereocenters. The Morgan fingerprint density at radius 1 is 1.11 bits per heavy atom. The normalized spacial score (nSPS) is 13.8. The summed E-state index contributed by atoms with van der Waals surface area (Å²) in [6.07, 6.45) is 14.0. The molecule has 2 aromatic heterocycles. The second-order valence-electron chi connectivity index (χ2n) is 9.40. The van der Waals surface area contributed by atoms with Crippen molar-refractivity contribution in [2.24, 2.45) is 0 Å². The van der Waals surface area contributed by atoms with Crippen LogP contribution in [0.4, 0.5) is 5.82 Å². The Kier molecular flexibility index (Phi) is 7.92. The van der Waals surface area contributed by atoms with Crippen molar-refractivity contribution in [2.75, 3.05) is 11.9 Å². The van der Waals surface area contributed by atoms with E-state index in [1.807, 2.05) is 30.5 Å². The second-order valence-corrected chi connectivity index (χ2v) is 9.40. The van der Waals surface area contributed by atoms with Crippen molar-refractivity contribution in [3.05, 3.63) is 89.9 Å². The Balaban J connectivity index is 1.42. The molecule has 37 heavy (non-hydrogen) atoms. The Hall–Kier alpha value is -4.53. The lowest BCUT2D eigenvalue weighted by Crippen LogP contribution is -2.43. The van der Waals surface area contributed by atoms with E-state index in [2.05, 4.69) is 45.0 Å². The van der Waals surface area contributed by atoms with Gasteiger partial charge in [-0.05, 0) is 68.5 Å². The Morgan fingerprint density at radius 3 is 2.57 bits per heavy atom. The Morgan fingerprint density at radius 2 is 1.92 bits per heavy atom. The van der Waals surface area contributed by atoms with E-state index in [9.17, 15) is 10.1 Å². The molecule has 1 amide bonds. The van der Waals surface area contributed by atoms with Gasteiger partial charge in [0, 0.05) is 30.1 Å². The van der Waals surface area contributed by atoms with Gasteiger partial charge in [0.15, 0.2) is 0 Å². The van der Waals surface area contributed by atoms with Crippen LogP contribution in [0.25, 0.3) is 11.1 Å². The summed E-state index contributed by atoms with van der Waals surface area (Å²) in [5.41, 5.74) is 3.60. The van der Waals surface area contributed by atoms with Crippen LogP contribution in [-0.2, 0) is 16.8 Å². The molecule has 0 spiro atoms. The zero-order valence-electron chi connectivity index (χ0n) is 21.0. The molecule has 2 N–H and O–H groups in total. The highest BCUT2D eigenvalue weighted by Crippen LogP contribution is 2.23. The predicted octanol–water partition coefficient (Wildman–Crippen LogP) is 4.49. The molecule has 2 heterocycles. The van der Waals surface area contributed by atoms with E-state index in [-0.39, 0.29) is 5.91 Å². The maximum absolute atomic E-state index is 13.3. The van der Waals surface area contributed by atoms with Gasteiger partial charge in [-0.2, -0.15) is 15.6 Å². The fourth-order valence-electron chi connectivity index (χ4n) is 3.98. The zero-order valence-corrected chi connectivity index (χ0v) is 21.0. The predicted molar refractivity (Wildman–Crippen MR) is 142 cm³/mol. The number of aromatic nitrogens is 3. The first-order valence-corrected chi connectivity index (χ1v) is 12.2. The molecular formula is C29H29N7O. The third-order valence-electron chi connectivity index (χ3n) is 6.24. The van der Waals surface area contributed by atoms with Crippen LogP contribution in [0.15, 0.2) is 78.8 Å². The molecule has 1 aliphatic rings. The molecule has 0 radical (unpaired) electrons. The summed E-state index contributed by atoms with van der Waals surface area (Å²) in [6, 6.07) is 15.0. The van der Waals surface area contributed by atoms with E-state index in [1.54, 1.807) is 49.1 Å². The van der Waals surface area contributed by atoms with Crippen LogP contribution < -0.4 is 10.6 Å². The van der Waals surface area contributed by atoms with Crippen molar-refractivity contribution in [1.29, 1.82) is 10.5 Å². The number of nitrogens with zero attached hydrogens (tertiary/aromatic N) is 5. The van der Waals surface area contributed by atoms with Crippen LogP contribution in [0.2, 0.25) is 0 Å². The monoisotopic (exact) mass is 491 g/mol. The van der Waals surface area contributed by atoms with E-state index < -0.39 is 11.6 Å². The number of carbonyl (C=O) groups is 1. The van der Waals surface area contributed by atoms with Crippen molar-refractivity contribution in [3.63, 3.8) is 0 Å². The fraction of sp³-hybridized carbons (Fsp3) is 0.276. The smallest absolute Gasteiger partial charge is 0.247 e. The molecule has 186 valence electrons. The average Bonchev–Trinajstić information content (AvgIpc) is 3.44. The van der Waals surface area contributed by atoms with Crippen molar-refractivity contribution < 1.29 is 4.79 Å². The van der Waals surface area contributed by atoms with E-state index >= 15 is 0 Å². The minimum absolute atomic E-state index is 0.179. The minimum atomic E-state index is -0.746. The van der Waals surface area contributed by atoms with Crippen LogP contribution >= 0.6 is 0 Å². The number of hydrogen-bond donors (Lipinski definition) is 2. The van der Waals surface area contributed by atoms with Gasteiger partial charge in [-0.3, -0.25) is 9.48 Å². The molecule has 1 atom stereocenters. The largest absolute Gasteiger partial charge is 0.309 e. The number of benzene rings is 1. The quantitative estimate of drug-likeness (QED) is 0.455. The van der Waals surface area contributed by atoms with Gasteiger partial charge < -0.3 is 10.6 Å². The topological polar surface area (TPSA) is 119 Å². The van der Waals surface area contributed by atoms with E-state index in [4.69, 9.17) is 5.26 Å². The number of pyridine rings is 1.